The van der Waals surface area contributed by atoms with E-state index in [9.17, 15) is 35.7 Å². The van der Waals surface area contributed by atoms with Crippen LogP contribution in [0.15, 0.2) is 520 Å². The Kier molecular flexibility index (Phi) is 33.9. The molecule has 0 unspecified atom stereocenters. The van der Waals surface area contributed by atoms with Crippen molar-refractivity contribution in [2.24, 2.45) is 0 Å². The molecule has 10 nitrogen and oxygen atoms in total. The number of aliphatic hydroxyl groups excluding tert-OH is 1. The van der Waals surface area contributed by atoms with Crippen LogP contribution in [0.1, 0.15) is 27.8 Å². The second-order valence-electron chi connectivity index (χ2n) is 34.9. The van der Waals surface area contributed by atoms with Crippen LogP contribution in [0.25, 0.3) is 76.8 Å². The maximum Gasteiger partial charge on any atom is 0.142 e. The molecule has 0 bridgehead atoms. The van der Waals surface area contributed by atoms with Gasteiger partial charge in [0, 0.05) is 64.8 Å². The minimum Gasteiger partial charge on any atom is -0.508 e. The maximum absolute atomic E-state index is 10.1. The molecule has 0 radical (unpaired) electrons. The molecule has 147 heavy (non-hydrogen) atoms. The second-order valence-corrected chi connectivity index (χ2v) is 44.5. The van der Waals surface area contributed by atoms with Crippen molar-refractivity contribution in [2.45, 2.75) is 33.4 Å². The van der Waals surface area contributed by atoms with Crippen LogP contribution in [-0.4, -0.2) is 35.7 Å². The fraction of sp³-hybridized carbons (Fsp3) is 0.0382. The van der Waals surface area contributed by atoms with Crippen molar-refractivity contribution in [2.75, 3.05) is 0 Å². The van der Waals surface area contributed by atoms with Gasteiger partial charge in [0.05, 0.1) is 11.1 Å². The van der Waals surface area contributed by atoms with Crippen molar-refractivity contribution in [1.29, 1.82) is 0 Å². The smallest absolute Gasteiger partial charge is 0.142 e. The standard InChI is InChI=1S/C24H18O4.C18H14O3.4C18H15P.C17H11BrO3.Pd/c25-12-15-3-1-2-4-20(15)23-21-11-18(27)6-5-14(21)10-22-19-8-7-17(26)9-16(19)13-28-24(22)23;1-10-16-8-14(20)3-2-11(16)7-17-15-5-4-13(19)6-12(15)9-21-18(10)17;4*1-4-10-16(11-5-1)19(17-12-6-2-7-13-17)18-14-8-3-9-15-18;18-16-14-7-12(20)2-1-9(14)6-15-13-4-3-11(19)5-10(13)8-21-17(15)16;/h1-11,25-27H,12-13H2;2-8,19-20H,9H2,1H3;4*1-15H;1-7,19-20H,8H2;. The van der Waals surface area contributed by atoms with Gasteiger partial charge < -0.3 is 50.0 Å². The molecule has 22 aromatic carbocycles. The summed E-state index contributed by atoms with van der Waals surface area (Å²) in [7, 11) is -1.78. The van der Waals surface area contributed by atoms with Gasteiger partial charge in [-0.15, -0.1) is 0 Å². The normalized spacial score (nSPS) is 11.4. The number of aliphatic hydroxyl groups is 1. The third kappa shape index (κ3) is 24.2. The van der Waals surface area contributed by atoms with Gasteiger partial charge in [0.25, 0.3) is 0 Å². The Labute approximate surface area is 884 Å². The van der Waals surface area contributed by atoms with E-state index in [0.29, 0.717) is 19.8 Å². The van der Waals surface area contributed by atoms with Crippen molar-refractivity contribution in [3.63, 3.8) is 0 Å². The molecule has 0 fully saturated rings. The van der Waals surface area contributed by atoms with E-state index in [1.54, 1.807) is 72.8 Å². The van der Waals surface area contributed by atoms with Gasteiger partial charge in [-0.2, -0.15) is 0 Å². The Hall–Kier alpha value is -15.4. The third-order valence-electron chi connectivity index (χ3n) is 25.3. The third-order valence-corrected chi connectivity index (χ3v) is 35.9. The summed E-state index contributed by atoms with van der Waals surface area (Å²) >= 11 is 3.58. The van der Waals surface area contributed by atoms with Crippen molar-refractivity contribution in [1.82, 2.24) is 0 Å². The van der Waals surface area contributed by atoms with Crippen LogP contribution in [0.2, 0.25) is 0 Å². The average molecular weight is 2150 g/mol. The SMILES string of the molecule is Cc1c2c(cc3ccc(O)cc13)-c1ccc(O)cc1CO2.OCc1ccccc1-c1c2c(cc3ccc(O)cc13)-c1ccc(O)cc1CO2.Oc1ccc2c(c1)COc1c-2cc2ccc(O)cc2c1Br.[Pd].c1ccc(P(c2ccccc2)c2ccccc2)cc1.c1ccc(P(c2ccccc2)c2ccccc2)cc1.c1ccc(P(c2ccccc2)c2ccccc2)cc1.c1ccc(P(c2ccccc2)c2ccccc2)cc1. The maximum atomic E-state index is 10.1. The summed E-state index contributed by atoms with van der Waals surface area (Å²) in [6, 6.07) is 175. The number of aryl methyl sites for hydroxylation is 1. The number of halogens is 1. The predicted octanol–water partition coefficient (Wildman–Crippen LogP) is 27.4. The van der Waals surface area contributed by atoms with Crippen LogP contribution in [-0.2, 0) is 46.9 Å². The molecule has 0 amide bonds. The van der Waals surface area contributed by atoms with Gasteiger partial charge in [0.2, 0.25) is 0 Å². The number of aromatic hydroxyl groups is 6. The first kappa shape index (κ1) is 102. The van der Waals surface area contributed by atoms with Gasteiger partial charge in [0.15, 0.2) is 0 Å². The summed E-state index contributed by atoms with van der Waals surface area (Å²) in [5, 5.41) is 90.9. The predicted molar refractivity (Wildman–Crippen MR) is 616 cm³/mol. The number of phenols is 6. The van der Waals surface area contributed by atoms with E-state index < -0.39 is 31.7 Å². The molecule has 3 aliphatic rings. The molecule has 0 aromatic heterocycles. The summed E-state index contributed by atoms with van der Waals surface area (Å²) < 4.78 is 18.7. The number of hydrogen-bond acceptors (Lipinski definition) is 10. The van der Waals surface area contributed by atoms with Crippen LogP contribution in [0.5, 0.6) is 51.7 Å². The van der Waals surface area contributed by atoms with Crippen molar-refractivity contribution in [3.8, 4) is 96.3 Å². The Morgan fingerprint density at radius 1 is 0.218 bits per heavy atom. The molecule has 7 N–H and O–H groups in total. The number of rotatable bonds is 14. The first-order chi connectivity index (χ1) is 71.7. The monoisotopic (exact) mass is 2140 g/mol. The Balaban J connectivity index is 0.000000113. The first-order valence-corrected chi connectivity index (χ1v) is 54.2. The Morgan fingerprint density at radius 2 is 0.435 bits per heavy atom. The molecule has 724 valence electrons. The van der Waals surface area contributed by atoms with Gasteiger partial charge >= 0.3 is 0 Å². The van der Waals surface area contributed by atoms with Gasteiger partial charge in [-0.3, -0.25) is 0 Å². The molecule has 0 saturated heterocycles. The molecular formula is C131H103BrO10P4Pd. The van der Waals surface area contributed by atoms with Crippen molar-refractivity contribution in [3.05, 3.63) is 548 Å². The molecule has 0 atom stereocenters. The van der Waals surface area contributed by atoms with E-state index >= 15 is 0 Å². The molecule has 25 rings (SSSR count). The van der Waals surface area contributed by atoms with Gasteiger partial charge in [-0.05, 0) is 270 Å². The number of phenolic OH excluding ortho intramolecular Hbond substituents is 6. The quantitative estimate of drug-likeness (QED) is 0.0411. The Morgan fingerprint density at radius 3 is 0.728 bits per heavy atom. The van der Waals surface area contributed by atoms with Crippen LogP contribution in [0.3, 0.4) is 0 Å². The molecule has 0 spiro atoms. The zero-order valence-electron chi connectivity index (χ0n) is 80.2. The van der Waals surface area contributed by atoms with Crippen LogP contribution in [0, 0.1) is 6.92 Å². The number of fused-ring (bicyclic) bond motifs is 12. The summed E-state index contributed by atoms with van der Waals surface area (Å²) in [6.07, 6.45) is 0. The second kappa shape index (κ2) is 49.0. The van der Waals surface area contributed by atoms with E-state index in [4.69, 9.17) is 14.2 Å². The fourth-order valence-corrected chi connectivity index (χ4v) is 28.4. The number of benzene rings is 22. The van der Waals surface area contributed by atoms with E-state index in [2.05, 4.69) is 386 Å². The van der Waals surface area contributed by atoms with Crippen LogP contribution < -0.4 is 77.9 Å². The summed E-state index contributed by atoms with van der Waals surface area (Å²) in [4.78, 5) is 0. The summed E-state index contributed by atoms with van der Waals surface area (Å²) in [5.74, 6) is 3.71. The van der Waals surface area contributed by atoms with Crippen LogP contribution >= 0.6 is 47.6 Å². The largest absolute Gasteiger partial charge is 0.508 e. The molecule has 0 aliphatic carbocycles. The zero-order valence-corrected chi connectivity index (χ0v) is 87.0. The minimum atomic E-state index is -0.446. The molecule has 3 heterocycles. The van der Waals surface area contributed by atoms with Crippen molar-refractivity contribution < 1.29 is 70.4 Å². The van der Waals surface area contributed by atoms with Gasteiger partial charge in [0.1, 0.15) is 71.6 Å². The fourth-order valence-electron chi connectivity index (χ4n) is 18.5. The summed E-state index contributed by atoms with van der Waals surface area (Å²) in [6.45, 7) is 3.12. The molecular weight excluding hydrogens is 2040 g/mol. The molecule has 22 aromatic rings. The van der Waals surface area contributed by atoms with Gasteiger partial charge in [-0.1, -0.05) is 425 Å². The van der Waals surface area contributed by atoms with Gasteiger partial charge in [-0.25, -0.2) is 0 Å². The molecule has 16 heteroatoms. The van der Waals surface area contributed by atoms with E-state index in [1.165, 1.54) is 63.7 Å². The minimum absolute atomic E-state index is 0. The average Bonchev–Trinajstić information content (AvgIpc) is 0.739. The zero-order chi connectivity index (χ0) is 100. The van der Waals surface area contributed by atoms with Crippen LogP contribution in [0.4, 0.5) is 0 Å². The van der Waals surface area contributed by atoms with E-state index in [-0.39, 0.29) is 61.5 Å². The first-order valence-electron chi connectivity index (χ1n) is 48.1. The number of hydrogen-bond donors (Lipinski definition) is 7. The Bertz CT molecular complexity index is 7180. The topological polar surface area (TPSA) is 169 Å². The van der Waals surface area contributed by atoms with E-state index in [1.807, 2.05) is 79.7 Å². The van der Waals surface area contributed by atoms with E-state index in [0.717, 1.165) is 126 Å². The van der Waals surface area contributed by atoms with Crippen molar-refractivity contribution >= 4 is 144 Å². The molecule has 3 aliphatic heterocycles. The number of ether oxygens (including phenoxy) is 3. The molecule has 0 saturated carbocycles. The summed E-state index contributed by atoms with van der Waals surface area (Å²) in [5.41, 5.74) is 12.5.